The lowest BCUT2D eigenvalue weighted by Crippen LogP contribution is -2.48. The molecule has 2 aliphatic heterocycles. The number of hydrogen-bond donors (Lipinski definition) is 1. The lowest BCUT2D eigenvalue weighted by atomic mass is 9.80. The number of dihydropyridines is 1. The molecule has 0 amide bonds. The van der Waals surface area contributed by atoms with Crippen LogP contribution in [-0.4, -0.2) is 86.3 Å². The van der Waals surface area contributed by atoms with Crippen LogP contribution in [-0.2, 0) is 23.8 Å². The van der Waals surface area contributed by atoms with E-state index in [4.69, 9.17) is 14.2 Å². The number of carbonyl (C=O) groups excluding carboxylic acids is 2. The standard InChI is InChI=1S/C37H42N4O7/c1-26-32(34(30-15-10-16-31(25-30)41(44)45)33(27(2)38-26)37(43)48-24-23-46-3)36(42)47-22-21-39-17-19-40(20-18-39)35(28-11-6-4-7-12-28)29-13-8-5-9-14-29/h4-16,25,34-35,38H,17-24H2,1-3H3. The molecule has 11 nitrogen and oxygen atoms in total. The summed E-state index contributed by atoms with van der Waals surface area (Å²) in [5.74, 6) is -2.17. The van der Waals surface area contributed by atoms with Crippen LogP contribution in [0.15, 0.2) is 107 Å². The third kappa shape index (κ3) is 8.17. The van der Waals surface area contributed by atoms with Crippen molar-refractivity contribution in [1.29, 1.82) is 0 Å². The van der Waals surface area contributed by atoms with E-state index >= 15 is 0 Å². The molecule has 3 aromatic rings. The summed E-state index contributed by atoms with van der Waals surface area (Å²) in [6, 6.07) is 27.1. The molecule has 1 unspecified atom stereocenters. The average Bonchev–Trinajstić information content (AvgIpc) is 3.09. The van der Waals surface area contributed by atoms with Crippen LogP contribution < -0.4 is 5.32 Å². The molecule has 0 bridgehead atoms. The molecule has 0 spiro atoms. The molecule has 3 aromatic carbocycles. The van der Waals surface area contributed by atoms with Crippen molar-refractivity contribution >= 4 is 17.6 Å². The maximum atomic E-state index is 13.8. The van der Waals surface area contributed by atoms with Gasteiger partial charge in [0.2, 0.25) is 0 Å². The van der Waals surface area contributed by atoms with Gasteiger partial charge in [-0.1, -0.05) is 72.8 Å². The predicted octanol–water partition coefficient (Wildman–Crippen LogP) is 4.97. The molecule has 11 heteroatoms. The van der Waals surface area contributed by atoms with Crippen molar-refractivity contribution in [3.63, 3.8) is 0 Å². The molecule has 2 heterocycles. The summed E-state index contributed by atoms with van der Waals surface area (Å²) in [4.78, 5) is 43.0. The molecule has 48 heavy (non-hydrogen) atoms. The SMILES string of the molecule is COCCOC(=O)C1=C(C)NC(C)=C(C(=O)OCCN2CCN(C(c3ccccc3)c3ccccc3)CC2)C1c1cccc([N+](=O)[O-])c1. The Bertz CT molecular complexity index is 1610. The topological polar surface area (TPSA) is 123 Å². The summed E-state index contributed by atoms with van der Waals surface area (Å²) in [5.41, 5.74) is 4.15. The van der Waals surface area contributed by atoms with E-state index in [1.807, 2.05) is 12.1 Å². The third-order valence-electron chi connectivity index (χ3n) is 8.78. The average molecular weight is 655 g/mol. The number of allylic oxidation sites excluding steroid dienone is 2. The molecule has 252 valence electrons. The van der Waals surface area contributed by atoms with Gasteiger partial charge in [0, 0.05) is 63.4 Å². The molecule has 0 saturated carbocycles. The first-order valence-electron chi connectivity index (χ1n) is 16.1. The molecule has 1 N–H and O–H groups in total. The van der Waals surface area contributed by atoms with E-state index < -0.39 is 22.8 Å². The number of nitrogens with one attached hydrogen (secondary N) is 1. The van der Waals surface area contributed by atoms with Gasteiger partial charge in [0.15, 0.2) is 0 Å². The number of nitrogens with zero attached hydrogens (tertiary/aromatic N) is 3. The Morgan fingerprint density at radius 2 is 1.38 bits per heavy atom. The lowest BCUT2D eigenvalue weighted by molar-refractivity contribution is -0.384. The van der Waals surface area contributed by atoms with Crippen LogP contribution in [0.4, 0.5) is 5.69 Å². The van der Waals surface area contributed by atoms with Crippen molar-refractivity contribution in [2.24, 2.45) is 0 Å². The van der Waals surface area contributed by atoms with Gasteiger partial charge in [0.1, 0.15) is 13.2 Å². The van der Waals surface area contributed by atoms with E-state index in [0.717, 1.165) is 26.2 Å². The van der Waals surface area contributed by atoms with Gasteiger partial charge in [-0.2, -0.15) is 0 Å². The lowest BCUT2D eigenvalue weighted by Gasteiger charge is -2.39. The number of carbonyl (C=O) groups is 2. The van der Waals surface area contributed by atoms with Gasteiger partial charge in [-0.25, -0.2) is 9.59 Å². The van der Waals surface area contributed by atoms with E-state index in [9.17, 15) is 19.7 Å². The first-order valence-corrected chi connectivity index (χ1v) is 16.1. The molecular formula is C37H42N4O7. The van der Waals surface area contributed by atoms with Gasteiger partial charge in [0.25, 0.3) is 5.69 Å². The molecule has 1 atom stereocenters. The Morgan fingerprint density at radius 1 is 0.812 bits per heavy atom. The highest BCUT2D eigenvalue weighted by Crippen LogP contribution is 2.40. The fourth-order valence-electron chi connectivity index (χ4n) is 6.46. The van der Waals surface area contributed by atoms with Crippen LogP contribution in [0.5, 0.6) is 0 Å². The quantitative estimate of drug-likeness (QED) is 0.117. The summed E-state index contributed by atoms with van der Waals surface area (Å²) in [6.07, 6.45) is 0. The van der Waals surface area contributed by atoms with E-state index in [0.29, 0.717) is 23.5 Å². The largest absolute Gasteiger partial charge is 0.461 e. The first-order chi connectivity index (χ1) is 23.3. The fourth-order valence-corrected chi connectivity index (χ4v) is 6.46. The second-order valence-electron chi connectivity index (χ2n) is 11.9. The number of benzene rings is 3. The van der Waals surface area contributed by atoms with Crippen molar-refractivity contribution in [2.75, 3.05) is 59.7 Å². The Kier molecular flexibility index (Phi) is 11.7. The van der Waals surface area contributed by atoms with Gasteiger partial charge in [-0.3, -0.25) is 19.9 Å². The minimum atomic E-state index is -0.926. The molecule has 0 radical (unpaired) electrons. The number of esters is 2. The van der Waals surface area contributed by atoms with E-state index in [2.05, 4.69) is 63.6 Å². The number of rotatable bonds is 13. The Balaban J connectivity index is 1.27. The van der Waals surface area contributed by atoms with Crippen LogP contribution in [0.25, 0.3) is 0 Å². The van der Waals surface area contributed by atoms with Crippen LogP contribution in [0.2, 0.25) is 0 Å². The number of nitro benzene ring substituents is 1. The number of ether oxygens (including phenoxy) is 3. The minimum absolute atomic E-state index is 0.0148. The highest BCUT2D eigenvalue weighted by atomic mass is 16.6. The normalized spacial score (nSPS) is 17.3. The van der Waals surface area contributed by atoms with E-state index in [1.165, 1.54) is 36.4 Å². The number of non-ortho nitro benzene ring substituents is 1. The van der Waals surface area contributed by atoms with Gasteiger partial charge < -0.3 is 19.5 Å². The molecule has 1 fully saturated rings. The zero-order valence-electron chi connectivity index (χ0n) is 27.6. The minimum Gasteiger partial charge on any atom is -0.461 e. The second kappa shape index (κ2) is 16.3. The first kappa shape index (κ1) is 34.5. The van der Waals surface area contributed by atoms with Crippen molar-refractivity contribution in [2.45, 2.75) is 25.8 Å². The molecule has 1 saturated heterocycles. The molecular weight excluding hydrogens is 612 g/mol. The summed E-state index contributed by atoms with van der Waals surface area (Å²) in [5, 5.41) is 14.8. The number of hydrogen-bond acceptors (Lipinski definition) is 10. The maximum Gasteiger partial charge on any atom is 0.336 e. The van der Waals surface area contributed by atoms with Crippen molar-refractivity contribution < 1.29 is 28.7 Å². The van der Waals surface area contributed by atoms with Crippen molar-refractivity contribution in [3.8, 4) is 0 Å². The van der Waals surface area contributed by atoms with Crippen LogP contribution in [0.1, 0.15) is 42.5 Å². The van der Waals surface area contributed by atoms with Crippen LogP contribution in [0, 0.1) is 10.1 Å². The highest BCUT2D eigenvalue weighted by Gasteiger charge is 2.38. The monoisotopic (exact) mass is 654 g/mol. The number of methoxy groups -OCH3 is 1. The number of piperazine rings is 1. The zero-order chi connectivity index (χ0) is 34.0. The Labute approximate surface area is 280 Å². The van der Waals surface area contributed by atoms with E-state index in [-0.39, 0.29) is 42.7 Å². The smallest absolute Gasteiger partial charge is 0.336 e. The fraction of sp³-hybridized carbons (Fsp3) is 0.351. The summed E-state index contributed by atoms with van der Waals surface area (Å²) < 4.78 is 16.3. The van der Waals surface area contributed by atoms with E-state index in [1.54, 1.807) is 19.9 Å². The van der Waals surface area contributed by atoms with Crippen LogP contribution >= 0.6 is 0 Å². The third-order valence-corrected chi connectivity index (χ3v) is 8.78. The van der Waals surface area contributed by atoms with Gasteiger partial charge in [-0.15, -0.1) is 0 Å². The highest BCUT2D eigenvalue weighted by molar-refractivity contribution is 6.00. The predicted molar refractivity (Wildman–Crippen MR) is 181 cm³/mol. The van der Waals surface area contributed by atoms with Crippen LogP contribution in [0.3, 0.4) is 0 Å². The second-order valence-corrected chi connectivity index (χ2v) is 11.9. The van der Waals surface area contributed by atoms with Gasteiger partial charge in [0.05, 0.1) is 34.6 Å². The molecule has 0 aromatic heterocycles. The summed E-state index contributed by atoms with van der Waals surface area (Å²) in [7, 11) is 1.50. The van der Waals surface area contributed by atoms with Gasteiger partial charge >= 0.3 is 11.9 Å². The molecule has 5 rings (SSSR count). The summed E-state index contributed by atoms with van der Waals surface area (Å²) >= 11 is 0. The number of nitro groups is 1. The molecule has 2 aliphatic rings. The summed E-state index contributed by atoms with van der Waals surface area (Å²) in [6.45, 7) is 7.67. The van der Waals surface area contributed by atoms with Crippen molar-refractivity contribution in [1.82, 2.24) is 15.1 Å². The maximum absolute atomic E-state index is 13.8. The van der Waals surface area contributed by atoms with Crippen molar-refractivity contribution in [3.05, 3.63) is 134 Å². The Hall–Kier alpha value is -4.84. The Morgan fingerprint density at radius 3 is 1.92 bits per heavy atom. The molecule has 0 aliphatic carbocycles. The zero-order valence-corrected chi connectivity index (χ0v) is 27.6. The van der Waals surface area contributed by atoms with Gasteiger partial charge in [-0.05, 0) is 30.5 Å².